The van der Waals surface area contributed by atoms with Crippen LogP contribution in [0.25, 0.3) is 0 Å². The van der Waals surface area contributed by atoms with Crippen LogP contribution in [-0.4, -0.2) is 44.0 Å². The number of carbonyl (C=O) groups excluding carboxylic acids is 3. The minimum absolute atomic E-state index is 0.215. The van der Waals surface area contributed by atoms with Gasteiger partial charge >= 0.3 is 11.9 Å². The molecule has 190 valence electrons. The molecule has 0 amide bonds. The highest BCUT2D eigenvalue weighted by Gasteiger charge is 2.47. The zero-order valence-corrected chi connectivity index (χ0v) is 21.9. The predicted octanol–water partition coefficient (Wildman–Crippen LogP) is 4.49. The minimum atomic E-state index is -0.900. The highest BCUT2D eigenvalue weighted by molar-refractivity contribution is 6.12. The Morgan fingerprint density at radius 3 is 2.31 bits per heavy atom. The SMILES string of the molecule is CC[C@H](C)OC(=O)C1=C(C)NC2=C(C(=O)[C@H](C(=O)OC)[C@H](C)C2)[C@H]1c1ccc(N(CC)CC)cc1. The second kappa shape index (κ2) is 11.1. The Balaban J connectivity index is 2.15. The summed E-state index contributed by atoms with van der Waals surface area (Å²) in [6.45, 7) is 13.5. The van der Waals surface area contributed by atoms with Crippen molar-refractivity contribution in [2.45, 2.75) is 66.4 Å². The van der Waals surface area contributed by atoms with E-state index in [4.69, 9.17) is 9.47 Å². The third-order valence-electron chi connectivity index (χ3n) is 7.20. The zero-order chi connectivity index (χ0) is 25.9. The van der Waals surface area contributed by atoms with Crippen LogP contribution in [0.4, 0.5) is 5.69 Å². The largest absolute Gasteiger partial charge is 0.468 e. The lowest BCUT2D eigenvalue weighted by Crippen LogP contribution is -2.43. The van der Waals surface area contributed by atoms with Gasteiger partial charge < -0.3 is 19.7 Å². The molecule has 0 spiro atoms. The van der Waals surface area contributed by atoms with Gasteiger partial charge in [-0.2, -0.15) is 0 Å². The summed E-state index contributed by atoms with van der Waals surface area (Å²) in [4.78, 5) is 42.0. The first kappa shape index (κ1) is 26.5. The highest BCUT2D eigenvalue weighted by atomic mass is 16.5. The first-order chi connectivity index (χ1) is 16.7. The number of anilines is 1. The fourth-order valence-corrected chi connectivity index (χ4v) is 5.08. The average Bonchev–Trinajstić information content (AvgIpc) is 2.83. The van der Waals surface area contributed by atoms with Crippen LogP contribution in [-0.2, 0) is 23.9 Å². The van der Waals surface area contributed by atoms with Gasteiger partial charge in [0.05, 0.1) is 18.8 Å². The van der Waals surface area contributed by atoms with Gasteiger partial charge in [-0.15, -0.1) is 0 Å². The average molecular weight is 483 g/mol. The smallest absolute Gasteiger partial charge is 0.337 e. The maximum absolute atomic E-state index is 13.8. The summed E-state index contributed by atoms with van der Waals surface area (Å²) >= 11 is 0. The maximum Gasteiger partial charge on any atom is 0.337 e. The number of allylic oxidation sites excluding steroid dienone is 3. The Bertz CT molecular complexity index is 1040. The van der Waals surface area contributed by atoms with Gasteiger partial charge in [0.2, 0.25) is 0 Å². The van der Waals surface area contributed by atoms with Crippen LogP contribution in [0.5, 0.6) is 0 Å². The standard InChI is InChI=1S/C28H38N2O5/c1-8-17(5)35-28(33)23-18(6)29-21-15-16(4)22(27(32)34-7)26(31)25(21)24(23)19-11-13-20(14-12-19)30(9-2)10-3/h11-14,16-17,22,24,29H,8-10,15H2,1-7H3/t16-,17+,22-,24+/m1/s1. The monoisotopic (exact) mass is 482 g/mol. The lowest BCUT2D eigenvalue weighted by atomic mass is 9.69. The molecule has 7 heteroatoms. The van der Waals surface area contributed by atoms with E-state index in [0.29, 0.717) is 29.7 Å². The number of carbonyl (C=O) groups is 3. The Hall–Kier alpha value is -3.09. The molecule has 7 nitrogen and oxygen atoms in total. The van der Waals surface area contributed by atoms with Crippen molar-refractivity contribution in [3.05, 3.63) is 52.4 Å². The summed E-state index contributed by atoms with van der Waals surface area (Å²) in [5, 5.41) is 3.30. The van der Waals surface area contributed by atoms with Gasteiger partial charge in [0.15, 0.2) is 5.78 Å². The molecule has 3 rings (SSSR count). The van der Waals surface area contributed by atoms with E-state index >= 15 is 0 Å². The third kappa shape index (κ3) is 5.14. The molecule has 0 aromatic heterocycles. The number of dihydropyridines is 1. The molecule has 1 aromatic carbocycles. The molecule has 1 aromatic rings. The fraction of sp³-hybridized carbons (Fsp3) is 0.536. The number of ether oxygens (including phenoxy) is 2. The Kier molecular flexibility index (Phi) is 8.41. The van der Waals surface area contributed by atoms with Crippen molar-refractivity contribution in [1.82, 2.24) is 5.32 Å². The number of ketones is 1. The summed E-state index contributed by atoms with van der Waals surface area (Å²) in [6, 6.07) is 7.98. The van der Waals surface area contributed by atoms with Gasteiger partial charge in [-0.3, -0.25) is 9.59 Å². The van der Waals surface area contributed by atoms with Crippen LogP contribution in [0, 0.1) is 11.8 Å². The molecule has 1 aliphatic carbocycles. The number of nitrogens with zero attached hydrogens (tertiary/aromatic N) is 1. The number of benzene rings is 1. The molecular weight excluding hydrogens is 444 g/mol. The number of hydrogen-bond donors (Lipinski definition) is 1. The summed E-state index contributed by atoms with van der Waals surface area (Å²) in [6.07, 6.45) is 0.942. The molecule has 4 atom stereocenters. The topological polar surface area (TPSA) is 84.9 Å². The highest BCUT2D eigenvalue weighted by Crippen LogP contribution is 2.45. The molecule has 1 aliphatic heterocycles. The quantitative estimate of drug-likeness (QED) is 0.432. The molecule has 0 unspecified atom stereocenters. The van der Waals surface area contributed by atoms with Crippen LogP contribution in [0.2, 0.25) is 0 Å². The van der Waals surface area contributed by atoms with Crippen LogP contribution >= 0.6 is 0 Å². The summed E-state index contributed by atoms with van der Waals surface area (Å²) in [5.41, 5.74) is 4.19. The van der Waals surface area contributed by atoms with Crippen molar-refractivity contribution in [3.8, 4) is 0 Å². The van der Waals surface area contributed by atoms with E-state index in [-0.39, 0.29) is 17.8 Å². The van der Waals surface area contributed by atoms with Crippen LogP contribution in [0.3, 0.4) is 0 Å². The van der Waals surface area contributed by atoms with E-state index < -0.39 is 23.8 Å². The summed E-state index contributed by atoms with van der Waals surface area (Å²) < 4.78 is 10.7. The number of nitrogens with one attached hydrogen (secondary N) is 1. The number of rotatable bonds is 8. The number of esters is 2. The molecule has 0 saturated carbocycles. The molecular formula is C28H38N2O5. The molecule has 1 heterocycles. The summed E-state index contributed by atoms with van der Waals surface area (Å²) in [5.74, 6) is -3.02. The van der Waals surface area contributed by atoms with E-state index in [1.54, 1.807) is 0 Å². The number of hydrogen-bond acceptors (Lipinski definition) is 7. The third-order valence-corrected chi connectivity index (χ3v) is 7.20. The molecule has 0 radical (unpaired) electrons. The van der Waals surface area contributed by atoms with E-state index in [2.05, 4.69) is 24.1 Å². The molecule has 35 heavy (non-hydrogen) atoms. The van der Waals surface area contributed by atoms with E-state index in [1.807, 2.05) is 52.0 Å². The summed E-state index contributed by atoms with van der Waals surface area (Å²) in [7, 11) is 1.30. The van der Waals surface area contributed by atoms with E-state index in [0.717, 1.165) is 30.0 Å². The molecule has 0 bridgehead atoms. The minimum Gasteiger partial charge on any atom is -0.468 e. The van der Waals surface area contributed by atoms with Gasteiger partial charge in [0.1, 0.15) is 5.92 Å². The van der Waals surface area contributed by atoms with E-state index in [9.17, 15) is 14.4 Å². The lowest BCUT2D eigenvalue weighted by molar-refractivity contribution is -0.151. The molecule has 1 N–H and O–H groups in total. The fourth-order valence-electron chi connectivity index (χ4n) is 5.08. The second-order valence-electron chi connectivity index (χ2n) is 9.42. The lowest BCUT2D eigenvalue weighted by Gasteiger charge is -2.38. The van der Waals surface area contributed by atoms with Crippen molar-refractivity contribution >= 4 is 23.4 Å². The van der Waals surface area contributed by atoms with E-state index in [1.165, 1.54) is 7.11 Å². The van der Waals surface area contributed by atoms with Crippen LogP contribution in [0.1, 0.15) is 65.9 Å². The number of methoxy groups -OCH3 is 1. The van der Waals surface area contributed by atoms with Crippen molar-refractivity contribution in [2.24, 2.45) is 11.8 Å². The Morgan fingerprint density at radius 1 is 1.14 bits per heavy atom. The van der Waals surface area contributed by atoms with Gasteiger partial charge in [-0.1, -0.05) is 26.0 Å². The molecule has 2 aliphatic rings. The van der Waals surface area contributed by atoms with Gasteiger partial charge in [-0.25, -0.2) is 4.79 Å². The number of Topliss-reactive ketones (excluding diaryl/α,β-unsaturated/α-hetero) is 1. The van der Waals surface area contributed by atoms with Gasteiger partial charge in [0, 0.05) is 41.7 Å². The normalized spacial score (nSPS) is 22.8. The van der Waals surface area contributed by atoms with Crippen molar-refractivity contribution < 1.29 is 23.9 Å². The van der Waals surface area contributed by atoms with Crippen LogP contribution in [0.15, 0.2) is 46.8 Å². The Labute approximate surface area is 208 Å². The second-order valence-corrected chi connectivity index (χ2v) is 9.42. The van der Waals surface area contributed by atoms with Crippen molar-refractivity contribution in [2.75, 3.05) is 25.1 Å². The van der Waals surface area contributed by atoms with Crippen LogP contribution < -0.4 is 10.2 Å². The maximum atomic E-state index is 13.8. The zero-order valence-electron chi connectivity index (χ0n) is 21.9. The van der Waals surface area contributed by atoms with Crippen molar-refractivity contribution in [3.63, 3.8) is 0 Å². The first-order valence-corrected chi connectivity index (χ1v) is 12.6. The van der Waals surface area contributed by atoms with Crippen molar-refractivity contribution in [1.29, 1.82) is 0 Å². The first-order valence-electron chi connectivity index (χ1n) is 12.6. The molecule has 0 saturated heterocycles. The predicted molar refractivity (Wildman–Crippen MR) is 136 cm³/mol. The molecule has 0 fully saturated rings. The van der Waals surface area contributed by atoms with Gasteiger partial charge in [0.25, 0.3) is 0 Å². The van der Waals surface area contributed by atoms with Gasteiger partial charge in [-0.05, 0) is 64.2 Å². The Morgan fingerprint density at radius 2 is 1.77 bits per heavy atom.